The normalized spacial score (nSPS) is 21.9. The minimum absolute atomic E-state index is 0.0521. The van der Waals surface area contributed by atoms with E-state index in [0.29, 0.717) is 26.1 Å². The number of aromatic amines is 1. The van der Waals surface area contributed by atoms with E-state index in [0.717, 1.165) is 37.7 Å². The zero-order valence-corrected chi connectivity index (χ0v) is 17.4. The summed E-state index contributed by atoms with van der Waals surface area (Å²) in [7, 11) is 1.85. The number of hydrogen-bond acceptors (Lipinski definition) is 4. The Hall–Kier alpha value is -2.09. The first-order chi connectivity index (χ1) is 13.5. The average molecular weight is 394 g/mol. The minimum atomic E-state index is -0.154. The number of ether oxygens (including phenoxy) is 1. The van der Waals surface area contributed by atoms with E-state index in [1.165, 1.54) is 0 Å². The highest BCUT2D eigenvalue weighted by Gasteiger charge is 2.36. The van der Waals surface area contributed by atoms with Crippen molar-refractivity contribution in [3.05, 3.63) is 18.0 Å². The second-order valence-corrected chi connectivity index (χ2v) is 7.54. The maximum atomic E-state index is 12.9. The summed E-state index contributed by atoms with van der Waals surface area (Å²) in [6.45, 7) is 6.04. The Kier molecular flexibility index (Phi) is 9.27. The first kappa shape index (κ1) is 22.2. The molecule has 158 valence electrons. The van der Waals surface area contributed by atoms with E-state index < -0.39 is 0 Å². The van der Waals surface area contributed by atoms with Gasteiger partial charge in [0.25, 0.3) is 0 Å². The predicted molar refractivity (Wildman–Crippen MR) is 108 cm³/mol. The molecule has 0 aliphatic heterocycles. The third kappa shape index (κ3) is 6.82. The number of carbonyl (C=O) groups is 2. The van der Waals surface area contributed by atoms with Gasteiger partial charge in [-0.1, -0.05) is 13.8 Å². The quantitative estimate of drug-likeness (QED) is 0.567. The third-order valence-electron chi connectivity index (χ3n) is 5.20. The topological polar surface area (TPSA) is 99.4 Å². The van der Waals surface area contributed by atoms with E-state index in [1.54, 1.807) is 11.1 Å². The number of nitrogens with zero attached hydrogens (tertiary/aromatic N) is 2. The van der Waals surface area contributed by atoms with Gasteiger partial charge < -0.3 is 20.3 Å². The van der Waals surface area contributed by atoms with Crippen LogP contribution in [0.4, 0.5) is 4.79 Å². The number of nitrogens with one attached hydrogen (secondary N) is 3. The number of rotatable bonds is 10. The van der Waals surface area contributed by atoms with Crippen molar-refractivity contribution in [1.29, 1.82) is 0 Å². The van der Waals surface area contributed by atoms with Gasteiger partial charge in [-0.3, -0.25) is 9.89 Å². The number of H-pyrrole nitrogens is 1. The molecule has 1 aliphatic carbocycles. The van der Waals surface area contributed by atoms with Crippen LogP contribution in [0.1, 0.15) is 51.5 Å². The first-order valence-corrected chi connectivity index (χ1v) is 10.4. The van der Waals surface area contributed by atoms with Crippen LogP contribution in [-0.4, -0.2) is 65.9 Å². The molecule has 8 nitrogen and oxygen atoms in total. The van der Waals surface area contributed by atoms with Gasteiger partial charge in [-0.05, 0) is 44.1 Å². The Morgan fingerprint density at radius 2 is 2.14 bits per heavy atom. The molecule has 1 aromatic rings. The monoisotopic (exact) mass is 393 g/mol. The molecule has 0 spiro atoms. The van der Waals surface area contributed by atoms with Crippen molar-refractivity contribution in [1.82, 2.24) is 25.7 Å². The molecule has 1 aliphatic rings. The van der Waals surface area contributed by atoms with Gasteiger partial charge in [0.05, 0.1) is 18.3 Å². The molecule has 0 unspecified atom stereocenters. The number of urea groups is 1. The second-order valence-electron chi connectivity index (χ2n) is 7.54. The van der Waals surface area contributed by atoms with E-state index >= 15 is 0 Å². The molecule has 8 heteroatoms. The molecule has 1 saturated carbocycles. The van der Waals surface area contributed by atoms with Crippen molar-refractivity contribution in [2.24, 2.45) is 5.92 Å². The summed E-state index contributed by atoms with van der Waals surface area (Å²) in [6, 6.07) is -0.206. The molecule has 3 amide bonds. The third-order valence-corrected chi connectivity index (χ3v) is 5.20. The van der Waals surface area contributed by atoms with Crippen molar-refractivity contribution in [3.8, 4) is 0 Å². The summed E-state index contributed by atoms with van der Waals surface area (Å²) in [5.41, 5.74) is 1.09. The molecule has 0 radical (unpaired) electrons. The second kappa shape index (κ2) is 11.7. The van der Waals surface area contributed by atoms with Crippen molar-refractivity contribution >= 4 is 11.9 Å². The molecule has 28 heavy (non-hydrogen) atoms. The fourth-order valence-corrected chi connectivity index (χ4v) is 3.56. The summed E-state index contributed by atoms with van der Waals surface area (Å²) < 4.78 is 6.00. The van der Waals surface area contributed by atoms with Crippen LogP contribution >= 0.6 is 0 Å². The largest absolute Gasteiger partial charge is 0.376 e. The fraction of sp³-hybridized carbons (Fsp3) is 0.750. The summed E-state index contributed by atoms with van der Waals surface area (Å²) in [6.07, 6.45) is 8.26. The van der Waals surface area contributed by atoms with E-state index in [2.05, 4.69) is 27.8 Å². The smallest absolute Gasteiger partial charge is 0.315 e. The molecular weight excluding hydrogens is 358 g/mol. The summed E-state index contributed by atoms with van der Waals surface area (Å²) >= 11 is 0. The molecular formula is C20H35N5O3. The van der Waals surface area contributed by atoms with Gasteiger partial charge >= 0.3 is 6.03 Å². The predicted octanol–water partition coefficient (Wildman–Crippen LogP) is 2.08. The molecule has 0 saturated heterocycles. The lowest BCUT2D eigenvalue weighted by Crippen LogP contribution is -2.52. The van der Waals surface area contributed by atoms with Crippen molar-refractivity contribution in [2.75, 3.05) is 26.7 Å². The maximum absolute atomic E-state index is 12.9. The lowest BCUT2D eigenvalue weighted by molar-refractivity contribution is -0.137. The molecule has 2 rings (SSSR count). The molecule has 1 fully saturated rings. The van der Waals surface area contributed by atoms with E-state index in [1.807, 2.05) is 20.2 Å². The van der Waals surface area contributed by atoms with E-state index in [4.69, 9.17) is 4.74 Å². The fourth-order valence-electron chi connectivity index (χ4n) is 3.56. The zero-order valence-electron chi connectivity index (χ0n) is 17.4. The van der Waals surface area contributed by atoms with Crippen molar-refractivity contribution in [3.63, 3.8) is 0 Å². The summed E-state index contributed by atoms with van der Waals surface area (Å²) in [4.78, 5) is 26.7. The Morgan fingerprint density at radius 3 is 2.82 bits per heavy atom. The van der Waals surface area contributed by atoms with Gasteiger partial charge in [-0.25, -0.2) is 4.79 Å². The van der Waals surface area contributed by atoms with Crippen LogP contribution in [0, 0.1) is 5.92 Å². The highest BCUT2D eigenvalue weighted by Crippen LogP contribution is 2.28. The number of amides is 3. The van der Waals surface area contributed by atoms with E-state index in [9.17, 15) is 9.59 Å². The van der Waals surface area contributed by atoms with Crippen molar-refractivity contribution < 1.29 is 14.3 Å². The Bertz CT molecular complexity index is 593. The Balaban J connectivity index is 1.88. The number of aromatic nitrogens is 2. The standard InChI is InChI=1S/C20H35N5O3/c1-4-9-21-20(27)24-17-7-6-16(12-18(17)28-11-5-2)19(26)25(3)10-8-15-13-22-23-14-15/h13-14,16-18H,4-12H2,1-3H3,(H,22,23)(H2,21,24,27)/t16-,17-,18-/m0/s1. The van der Waals surface area contributed by atoms with Crippen LogP contribution in [0.2, 0.25) is 0 Å². The van der Waals surface area contributed by atoms with Gasteiger partial charge in [-0.2, -0.15) is 5.10 Å². The van der Waals surface area contributed by atoms with Crippen LogP contribution in [0.3, 0.4) is 0 Å². The van der Waals surface area contributed by atoms with Crippen LogP contribution in [0.5, 0.6) is 0 Å². The van der Waals surface area contributed by atoms with Gasteiger partial charge in [-0.15, -0.1) is 0 Å². The van der Waals surface area contributed by atoms with Crippen LogP contribution in [0.15, 0.2) is 12.4 Å². The molecule has 3 atom stereocenters. The highest BCUT2D eigenvalue weighted by molar-refractivity contribution is 5.79. The molecule has 3 N–H and O–H groups in total. The number of carbonyl (C=O) groups excluding carboxylic acids is 2. The molecule has 0 aromatic carbocycles. The average Bonchev–Trinajstić information content (AvgIpc) is 3.22. The molecule has 1 aromatic heterocycles. The zero-order chi connectivity index (χ0) is 20.4. The first-order valence-electron chi connectivity index (χ1n) is 10.4. The van der Waals surface area contributed by atoms with Crippen LogP contribution in [-0.2, 0) is 16.0 Å². The minimum Gasteiger partial charge on any atom is -0.376 e. The summed E-state index contributed by atoms with van der Waals surface area (Å²) in [5.74, 6) is 0.0930. The lowest BCUT2D eigenvalue weighted by atomic mass is 9.83. The van der Waals surface area contributed by atoms with Gasteiger partial charge in [0.2, 0.25) is 5.91 Å². The number of hydrogen-bond donors (Lipinski definition) is 3. The lowest BCUT2D eigenvalue weighted by Gasteiger charge is -2.37. The molecule has 0 bridgehead atoms. The van der Waals surface area contributed by atoms with Crippen LogP contribution < -0.4 is 10.6 Å². The Labute approximate surface area is 167 Å². The molecule has 1 heterocycles. The summed E-state index contributed by atoms with van der Waals surface area (Å²) in [5, 5.41) is 12.6. The van der Waals surface area contributed by atoms with E-state index in [-0.39, 0.29) is 30.0 Å². The number of likely N-dealkylation sites (N-methyl/N-ethyl adjacent to an activating group) is 1. The maximum Gasteiger partial charge on any atom is 0.315 e. The van der Waals surface area contributed by atoms with Crippen LogP contribution in [0.25, 0.3) is 0 Å². The SMILES string of the molecule is CCCNC(=O)N[C@H]1CC[C@H](C(=O)N(C)CCc2cn[nH]c2)C[C@@H]1OCCC. The van der Waals surface area contributed by atoms with Gasteiger partial charge in [0.1, 0.15) is 0 Å². The van der Waals surface area contributed by atoms with Crippen molar-refractivity contribution in [2.45, 2.75) is 64.5 Å². The van der Waals surface area contributed by atoms with Gasteiger partial charge in [0.15, 0.2) is 0 Å². The van der Waals surface area contributed by atoms with Gasteiger partial charge in [0, 0.05) is 38.9 Å². The highest BCUT2D eigenvalue weighted by atomic mass is 16.5. The Morgan fingerprint density at radius 1 is 1.32 bits per heavy atom.